The average molecular weight is 166 g/mol. The molecule has 0 fully saturated rings. The lowest BCUT2D eigenvalue weighted by Crippen LogP contribution is -2.39. The Hall–Kier alpha value is 0.0569. The number of ether oxygens (including phenoxy) is 4. The van der Waals surface area contributed by atoms with Crippen molar-refractivity contribution in [2.45, 2.75) is 6.16 Å². The molecule has 0 saturated heterocycles. The topological polar surface area (TPSA) is 36.9 Å². The molecular weight excluding hydrogens is 152 g/mol. The molecule has 0 aromatic rings. The fraction of sp³-hybridized carbons (Fsp3) is 1.00. The zero-order valence-corrected chi connectivity index (χ0v) is 8.84. The first-order chi connectivity index (χ1) is 4.74. The van der Waals surface area contributed by atoms with E-state index in [1.165, 1.54) is 21.3 Å². The predicted molar refractivity (Wildman–Crippen MR) is 39.6 cm³/mol. The van der Waals surface area contributed by atoms with Gasteiger partial charge in [-0.1, -0.05) is 0 Å². The van der Waals surface area contributed by atoms with Crippen molar-refractivity contribution in [3.8, 4) is 0 Å². The van der Waals surface area contributed by atoms with E-state index in [1.807, 2.05) is 0 Å². The van der Waals surface area contributed by atoms with Gasteiger partial charge in [0.1, 0.15) is 0 Å². The summed E-state index contributed by atoms with van der Waals surface area (Å²) in [7, 11) is 5.31. The van der Waals surface area contributed by atoms with Crippen LogP contribution in [-0.2, 0) is 18.9 Å². The van der Waals surface area contributed by atoms with Crippen molar-refractivity contribution in [1.82, 2.24) is 0 Å². The molecule has 0 spiro atoms. The summed E-state index contributed by atoms with van der Waals surface area (Å²) in [5.74, 6) is 0. The molecule has 5 heteroatoms. The molecule has 0 bridgehead atoms. The van der Waals surface area contributed by atoms with Gasteiger partial charge in [-0.3, -0.25) is 0 Å². The molecule has 0 N–H and O–H groups in total. The highest BCUT2D eigenvalue weighted by molar-refractivity contribution is 6.08. The maximum atomic E-state index is 5.07. The quantitative estimate of drug-likeness (QED) is 0.383. The molecule has 0 aromatic carbocycles. The highest BCUT2D eigenvalue weighted by Crippen LogP contribution is 2.12. The molecule has 0 aliphatic carbocycles. The minimum absolute atomic E-state index is 0.607. The van der Waals surface area contributed by atoms with E-state index in [4.69, 9.17) is 18.9 Å². The first-order valence-corrected chi connectivity index (χ1v) is 4.45. The van der Waals surface area contributed by atoms with Gasteiger partial charge in [-0.25, -0.2) is 0 Å². The van der Waals surface area contributed by atoms with Gasteiger partial charge in [0.15, 0.2) is 0 Å². The van der Waals surface area contributed by atoms with E-state index in [-0.39, 0.29) is 0 Å². The van der Waals surface area contributed by atoms with Crippen molar-refractivity contribution >= 4 is 10.2 Å². The molecule has 62 valence electrons. The van der Waals surface area contributed by atoms with Crippen LogP contribution in [0.25, 0.3) is 0 Å². The summed E-state index contributed by atoms with van der Waals surface area (Å²) in [5, 5.41) is 0. The maximum Gasteiger partial charge on any atom is 0.411 e. The molecule has 0 aromatic heterocycles. The van der Waals surface area contributed by atoms with Gasteiger partial charge in [0.05, 0.1) is 0 Å². The van der Waals surface area contributed by atoms with Gasteiger partial charge < -0.3 is 18.9 Å². The molecular formula is C5H14O4Si. The summed E-state index contributed by atoms with van der Waals surface area (Å²) < 4.78 is 19.6. The Bertz CT molecular complexity index is 75.5. The largest absolute Gasteiger partial charge is 0.411 e. The summed E-state index contributed by atoms with van der Waals surface area (Å²) in [4.78, 5) is 0. The minimum atomic E-state index is -1.29. The normalized spacial score (nSPS) is 12.3. The molecule has 10 heavy (non-hydrogen) atoms. The van der Waals surface area contributed by atoms with Crippen molar-refractivity contribution in [2.24, 2.45) is 0 Å². The van der Waals surface area contributed by atoms with Gasteiger partial charge in [-0.05, 0) is 0 Å². The average Bonchev–Trinajstić information content (AvgIpc) is 2.01. The third kappa shape index (κ3) is 2.35. The monoisotopic (exact) mass is 166 g/mol. The second-order valence-corrected chi connectivity index (χ2v) is 2.12. The molecule has 0 unspecified atom stereocenters. The fourth-order valence-corrected chi connectivity index (χ4v) is 0.957. The number of rotatable bonds is 5. The van der Waals surface area contributed by atoms with Crippen LogP contribution in [0.3, 0.4) is 0 Å². The fourth-order valence-electron chi connectivity index (χ4n) is 0.604. The lowest BCUT2D eigenvalue weighted by atomic mass is 11.0. The zero-order chi connectivity index (χ0) is 8.04. The van der Waals surface area contributed by atoms with E-state index >= 15 is 0 Å². The number of methoxy groups -OCH3 is 3. The van der Waals surface area contributed by atoms with Crippen LogP contribution in [0.1, 0.15) is 0 Å². The summed E-state index contributed by atoms with van der Waals surface area (Å²) in [6, 6.07) is 0. The Morgan fingerprint density at radius 2 is 1.50 bits per heavy atom. The van der Waals surface area contributed by atoms with E-state index in [1.54, 1.807) is 0 Å². The third-order valence-electron chi connectivity index (χ3n) is 1.07. The summed E-state index contributed by atoms with van der Waals surface area (Å²) in [5.41, 5.74) is 0. The molecule has 4 nitrogen and oxygen atoms in total. The van der Waals surface area contributed by atoms with Crippen molar-refractivity contribution < 1.29 is 18.9 Å². The van der Waals surface area contributed by atoms with Crippen molar-refractivity contribution in [3.05, 3.63) is 0 Å². The predicted octanol–water partition coefficient (Wildman–Crippen LogP) is -1.12. The van der Waals surface area contributed by atoms with Gasteiger partial charge in [0, 0.05) is 37.8 Å². The molecule has 0 amide bonds. The van der Waals surface area contributed by atoms with Gasteiger partial charge >= 0.3 is 6.16 Å². The third-order valence-corrected chi connectivity index (χ3v) is 1.36. The van der Waals surface area contributed by atoms with E-state index in [2.05, 4.69) is 0 Å². The standard InChI is InChI=1S/C5H14O4Si/c1-6-5(7-2,8-3)9-4-10/h4H2,1-3,10H3. The van der Waals surface area contributed by atoms with Crippen LogP contribution in [-0.4, -0.2) is 44.0 Å². The number of hydrogen-bond acceptors (Lipinski definition) is 4. The van der Waals surface area contributed by atoms with Gasteiger partial charge in [0.2, 0.25) is 0 Å². The first-order valence-electron chi connectivity index (χ1n) is 3.04. The summed E-state index contributed by atoms with van der Waals surface area (Å²) in [6.07, 6.45) is -0.683. The molecule has 0 atom stereocenters. The number of hydrogen-bond donors (Lipinski definition) is 0. The Morgan fingerprint density at radius 1 is 1.10 bits per heavy atom. The maximum absolute atomic E-state index is 5.07. The first kappa shape index (κ1) is 10.1. The summed E-state index contributed by atoms with van der Waals surface area (Å²) in [6.45, 7) is 0. The minimum Gasteiger partial charge on any atom is -0.308 e. The molecule has 0 saturated carbocycles. The zero-order valence-electron chi connectivity index (χ0n) is 6.84. The molecule has 0 radical (unpaired) electrons. The summed E-state index contributed by atoms with van der Waals surface area (Å²) >= 11 is 0. The van der Waals surface area contributed by atoms with E-state index in [0.29, 0.717) is 6.23 Å². The smallest absolute Gasteiger partial charge is 0.308 e. The van der Waals surface area contributed by atoms with Crippen LogP contribution in [0.15, 0.2) is 0 Å². The molecule has 0 aliphatic rings. The van der Waals surface area contributed by atoms with E-state index < -0.39 is 6.16 Å². The Kier molecular flexibility index (Phi) is 4.84. The molecule has 0 heterocycles. The van der Waals surface area contributed by atoms with Crippen LogP contribution in [0.5, 0.6) is 0 Å². The van der Waals surface area contributed by atoms with Crippen LogP contribution < -0.4 is 0 Å². The SMILES string of the molecule is COC(OC)(OC)OC[SiH3]. The Balaban J connectivity index is 3.87. The second-order valence-electron chi connectivity index (χ2n) is 1.55. The van der Waals surface area contributed by atoms with E-state index in [0.717, 1.165) is 10.2 Å². The Morgan fingerprint density at radius 3 is 1.60 bits per heavy atom. The van der Waals surface area contributed by atoms with Crippen LogP contribution in [0, 0.1) is 0 Å². The lowest BCUT2D eigenvalue weighted by Gasteiger charge is -2.26. The van der Waals surface area contributed by atoms with Crippen molar-refractivity contribution in [2.75, 3.05) is 27.6 Å². The highest BCUT2D eigenvalue weighted by Gasteiger charge is 2.30. The van der Waals surface area contributed by atoms with Crippen LogP contribution >= 0.6 is 0 Å². The van der Waals surface area contributed by atoms with E-state index in [9.17, 15) is 0 Å². The van der Waals surface area contributed by atoms with Crippen LogP contribution in [0.4, 0.5) is 0 Å². The van der Waals surface area contributed by atoms with Gasteiger partial charge in [-0.2, -0.15) is 0 Å². The molecule has 0 aliphatic heterocycles. The van der Waals surface area contributed by atoms with Crippen molar-refractivity contribution in [3.63, 3.8) is 0 Å². The van der Waals surface area contributed by atoms with Crippen molar-refractivity contribution in [1.29, 1.82) is 0 Å². The highest BCUT2D eigenvalue weighted by atomic mass is 28.1. The Labute approximate surface area is 63.8 Å². The lowest BCUT2D eigenvalue weighted by molar-refractivity contribution is -0.475. The van der Waals surface area contributed by atoms with Gasteiger partial charge in [0.25, 0.3) is 0 Å². The molecule has 0 rings (SSSR count). The van der Waals surface area contributed by atoms with Crippen LogP contribution in [0.2, 0.25) is 0 Å². The second kappa shape index (κ2) is 4.81. The van der Waals surface area contributed by atoms with Gasteiger partial charge in [-0.15, -0.1) is 0 Å².